The van der Waals surface area contributed by atoms with Crippen molar-refractivity contribution in [3.63, 3.8) is 0 Å². The summed E-state index contributed by atoms with van der Waals surface area (Å²) in [4.78, 5) is 8.98. The van der Waals surface area contributed by atoms with E-state index in [0.29, 0.717) is 6.04 Å². The molecule has 0 saturated carbocycles. The topological polar surface area (TPSA) is 47.0 Å². The molecule has 102 valence electrons. The molecule has 0 saturated heterocycles. The van der Waals surface area contributed by atoms with E-state index in [1.54, 1.807) is 7.11 Å². The first-order chi connectivity index (χ1) is 8.58. The predicted molar refractivity (Wildman–Crippen MR) is 73.7 cm³/mol. The van der Waals surface area contributed by atoms with Crippen molar-refractivity contribution in [1.82, 2.24) is 15.3 Å². The van der Waals surface area contributed by atoms with Crippen LogP contribution in [0.1, 0.15) is 50.3 Å². The summed E-state index contributed by atoms with van der Waals surface area (Å²) in [5.74, 6) is 0.855. The molecule has 0 aliphatic rings. The van der Waals surface area contributed by atoms with Crippen LogP contribution in [0.3, 0.4) is 0 Å². The van der Waals surface area contributed by atoms with Gasteiger partial charge in [0.05, 0.1) is 6.10 Å². The lowest BCUT2D eigenvalue weighted by Crippen LogP contribution is -2.21. The highest BCUT2D eigenvalue weighted by Gasteiger charge is 2.11. The molecule has 1 N–H and O–H groups in total. The van der Waals surface area contributed by atoms with E-state index >= 15 is 0 Å². The molecule has 0 bridgehead atoms. The lowest BCUT2D eigenvalue weighted by Gasteiger charge is -2.16. The van der Waals surface area contributed by atoms with E-state index in [9.17, 15) is 0 Å². The van der Waals surface area contributed by atoms with Crippen LogP contribution in [-0.4, -0.2) is 29.7 Å². The van der Waals surface area contributed by atoms with E-state index in [1.165, 1.54) is 5.56 Å². The zero-order chi connectivity index (χ0) is 13.5. The van der Waals surface area contributed by atoms with Crippen LogP contribution in [0.25, 0.3) is 0 Å². The van der Waals surface area contributed by atoms with Crippen LogP contribution >= 0.6 is 0 Å². The molecular formula is C14H25N3O. The summed E-state index contributed by atoms with van der Waals surface area (Å²) in [6.07, 6.45) is 3.99. The number of methoxy groups -OCH3 is 1. The number of hydrogen-bond donors (Lipinski definition) is 1. The molecule has 1 rings (SSSR count). The molecule has 4 heteroatoms. The quantitative estimate of drug-likeness (QED) is 0.808. The molecule has 0 aliphatic carbocycles. The van der Waals surface area contributed by atoms with Crippen molar-refractivity contribution in [3.8, 4) is 0 Å². The number of nitrogens with zero attached hydrogens (tertiary/aromatic N) is 2. The van der Waals surface area contributed by atoms with Gasteiger partial charge in [-0.25, -0.2) is 9.97 Å². The number of nitrogens with one attached hydrogen (secondary N) is 1. The minimum absolute atomic E-state index is 0.158. The Kier molecular flexibility index (Phi) is 6.22. The van der Waals surface area contributed by atoms with Gasteiger partial charge in [-0.2, -0.15) is 0 Å². The predicted octanol–water partition coefficient (Wildman–Crippen LogP) is 2.42. The summed E-state index contributed by atoms with van der Waals surface area (Å²) in [6.45, 7) is 9.40. The van der Waals surface area contributed by atoms with Gasteiger partial charge < -0.3 is 10.1 Å². The second-order valence-electron chi connectivity index (χ2n) is 4.75. The first-order valence-electron chi connectivity index (χ1n) is 6.67. The van der Waals surface area contributed by atoms with Gasteiger partial charge in [-0.1, -0.05) is 6.92 Å². The monoisotopic (exact) mass is 251 g/mol. The molecule has 2 unspecified atom stereocenters. The maximum absolute atomic E-state index is 5.23. The van der Waals surface area contributed by atoms with Gasteiger partial charge in [-0.15, -0.1) is 0 Å². The number of aromatic nitrogens is 2. The maximum atomic E-state index is 5.23. The van der Waals surface area contributed by atoms with E-state index < -0.39 is 0 Å². The summed E-state index contributed by atoms with van der Waals surface area (Å²) in [5, 5.41) is 3.46. The van der Waals surface area contributed by atoms with Crippen molar-refractivity contribution in [3.05, 3.63) is 23.3 Å². The fraction of sp³-hybridized carbons (Fsp3) is 0.714. The Morgan fingerprint density at radius 2 is 2.11 bits per heavy atom. The van der Waals surface area contributed by atoms with E-state index in [2.05, 4.69) is 29.1 Å². The van der Waals surface area contributed by atoms with Crippen LogP contribution < -0.4 is 5.32 Å². The fourth-order valence-corrected chi connectivity index (χ4v) is 1.86. The van der Waals surface area contributed by atoms with Crippen LogP contribution in [0, 0.1) is 6.92 Å². The number of aryl methyl sites for hydroxylation is 1. The van der Waals surface area contributed by atoms with Crippen molar-refractivity contribution in [2.24, 2.45) is 0 Å². The summed E-state index contributed by atoms with van der Waals surface area (Å²) in [7, 11) is 1.71. The highest BCUT2D eigenvalue weighted by atomic mass is 16.5. The van der Waals surface area contributed by atoms with Crippen molar-refractivity contribution >= 4 is 0 Å². The number of rotatable bonds is 7. The highest BCUT2D eigenvalue weighted by Crippen LogP contribution is 2.15. The standard InChI is InChI=1S/C14H25N3O/c1-6-7-15-11(3)13-9-16-14(17-12(13)4)8-10(2)18-5/h9-11,15H,6-8H2,1-5H3. The first kappa shape index (κ1) is 15.1. The molecule has 1 aromatic heterocycles. The fourth-order valence-electron chi connectivity index (χ4n) is 1.86. The van der Waals surface area contributed by atoms with Crippen molar-refractivity contribution in [1.29, 1.82) is 0 Å². The number of ether oxygens (including phenoxy) is 1. The Morgan fingerprint density at radius 1 is 1.39 bits per heavy atom. The van der Waals surface area contributed by atoms with Crippen LogP contribution in [0.15, 0.2) is 6.20 Å². The van der Waals surface area contributed by atoms with Gasteiger partial charge in [0.25, 0.3) is 0 Å². The molecule has 0 radical (unpaired) electrons. The maximum Gasteiger partial charge on any atom is 0.131 e. The summed E-state index contributed by atoms with van der Waals surface area (Å²) in [5.41, 5.74) is 2.23. The molecular weight excluding hydrogens is 226 g/mol. The van der Waals surface area contributed by atoms with Gasteiger partial charge in [-0.05, 0) is 33.7 Å². The Bertz CT molecular complexity index is 368. The average molecular weight is 251 g/mol. The van der Waals surface area contributed by atoms with Gasteiger partial charge in [0.2, 0.25) is 0 Å². The molecule has 0 aromatic carbocycles. The Balaban J connectivity index is 2.72. The van der Waals surface area contributed by atoms with E-state index in [1.807, 2.05) is 20.0 Å². The van der Waals surface area contributed by atoms with Crippen LogP contribution in [0.5, 0.6) is 0 Å². The first-order valence-corrected chi connectivity index (χ1v) is 6.67. The SMILES string of the molecule is CCCNC(C)c1cnc(CC(C)OC)nc1C. The number of hydrogen-bond acceptors (Lipinski definition) is 4. The van der Waals surface area contributed by atoms with Gasteiger partial charge >= 0.3 is 0 Å². The molecule has 2 atom stereocenters. The van der Waals surface area contributed by atoms with E-state index in [0.717, 1.165) is 30.9 Å². The average Bonchev–Trinajstić information content (AvgIpc) is 2.36. The molecule has 0 spiro atoms. The van der Waals surface area contributed by atoms with Crippen LogP contribution in [0.4, 0.5) is 0 Å². The Morgan fingerprint density at radius 3 is 2.67 bits per heavy atom. The molecule has 0 aliphatic heterocycles. The largest absolute Gasteiger partial charge is 0.381 e. The lowest BCUT2D eigenvalue weighted by atomic mass is 10.1. The van der Waals surface area contributed by atoms with Gasteiger partial charge in [-0.3, -0.25) is 0 Å². The summed E-state index contributed by atoms with van der Waals surface area (Å²) in [6, 6.07) is 0.304. The normalized spacial score (nSPS) is 14.5. The zero-order valence-electron chi connectivity index (χ0n) is 12.2. The van der Waals surface area contributed by atoms with Crippen LogP contribution in [0.2, 0.25) is 0 Å². The van der Waals surface area contributed by atoms with Gasteiger partial charge in [0, 0.05) is 37.0 Å². The third-order valence-electron chi connectivity index (χ3n) is 3.11. The summed E-state index contributed by atoms with van der Waals surface area (Å²) < 4.78 is 5.23. The third-order valence-corrected chi connectivity index (χ3v) is 3.11. The minimum Gasteiger partial charge on any atom is -0.381 e. The zero-order valence-corrected chi connectivity index (χ0v) is 12.2. The van der Waals surface area contributed by atoms with Crippen LogP contribution in [-0.2, 0) is 11.2 Å². The second-order valence-corrected chi connectivity index (χ2v) is 4.75. The summed E-state index contributed by atoms with van der Waals surface area (Å²) >= 11 is 0. The smallest absolute Gasteiger partial charge is 0.131 e. The van der Waals surface area contributed by atoms with Crippen molar-refractivity contribution in [2.45, 2.75) is 52.7 Å². The van der Waals surface area contributed by atoms with Gasteiger partial charge in [0.1, 0.15) is 5.82 Å². The second kappa shape index (κ2) is 7.44. The van der Waals surface area contributed by atoms with Gasteiger partial charge in [0.15, 0.2) is 0 Å². The molecule has 0 amide bonds. The Labute approximate surface area is 110 Å². The molecule has 4 nitrogen and oxygen atoms in total. The molecule has 1 heterocycles. The molecule has 0 fully saturated rings. The van der Waals surface area contributed by atoms with Crippen molar-refractivity contribution < 1.29 is 4.74 Å². The van der Waals surface area contributed by atoms with E-state index in [4.69, 9.17) is 4.74 Å². The highest BCUT2D eigenvalue weighted by molar-refractivity contribution is 5.20. The Hall–Kier alpha value is -1.00. The van der Waals surface area contributed by atoms with Crippen molar-refractivity contribution in [2.75, 3.05) is 13.7 Å². The third kappa shape index (κ3) is 4.35. The van der Waals surface area contributed by atoms with E-state index in [-0.39, 0.29) is 6.10 Å². The minimum atomic E-state index is 0.158. The molecule has 18 heavy (non-hydrogen) atoms. The molecule has 1 aromatic rings. The lowest BCUT2D eigenvalue weighted by molar-refractivity contribution is 0.117.